The van der Waals surface area contributed by atoms with Gasteiger partial charge in [-0.3, -0.25) is 0 Å². The molecule has 2 aliphatic rings. The van der Waals surface area contributed by atoms with Crippen LogP contribution in [-0.2, 0) is 0 Å². The van der Waals surface area contributed by atoms with E-state index in [1.54, 1.807) is 0 Å². The van der Waals surface area contributed by atoms with E-state index in [2.05, 4.69) is 15.0 Å². The molecule has 0 saturated heterocycles. The van der Waals surface area contributed by atoms with Gasteiger partial charge in [0.25, 0.3) is 0 Å². The van der Waals surface area contributed by atoms with Crippen molar-refractivity contribution < 1.29 is 0 Å². The molecule has 0 amide bonds. The zero-order valence-electron chi connectivity index (χ0n) is 9.02. The molecule has 0 atom stereocenters. The molecular formula is C11H18N4. The van der Waals surface area contributed by atoms with Crippen molar-refractivity contribution in [2.75, 3.05) is 5.73 Å². The number of aromatic nitrogens is 3. The van der Waals surface area contributed by atoms with Crippen LogP contribution in [0.5, 0.6) is 0 Å². The molecular weight excluding hydrogens is 188 g/mol. The predicted molar refractivity (Wildman–Crippen MR) is 58.5 cm³/mol. The van der Waals surface area contributed by atoms with Crippen molar-refractivity contribution in [2.45, 2.75) is 56.9 Å². The maximum atomic E-state index is 5.89. The van der Waals surface area contributed by atoms with Gasteiger partial charge in [-0.2, -0.15) is 0 Å². The van der Waals surface area contributed by atoms with E-state index in [1.807, 2.05) is 0 Å². The third-order valence-electron chi connectivity index (χ3n) is 3.64. The number of rotatable bonds is 2. The van der Waals surface area contributed by atoms with Crippen molar-refractivity contribution >= 4 is 5.82 Å². The van der Waals surface area contributed by atoms with Gasteiger partial charge in [-0.1, -0.05) is 24.5 Å². The molecule has 0 spiro atoms. The largest absolute Gasteiger partial charge is 0.381 e. The molecule has 1 aromatic rings. The predicted octanol–water partition coefficient (Wildman–Crippen LogP) is 2.24. The maximum absolute atomic E-state index is 5.89. The van der Waals surface area contributed by atoms with E-state index in [0.29, 0.717) is 17.8 Å². The van der Waals surface area contributed by atoms with Gasteiger partial charge < -0.3 is 5.73 Å². The Hall–Kier alpha value is -1.06. The summed E-state index contributed by atoms with van der Waals surface area (Å²) in [4.78, 5) is 0. The summed E-state index contributed by atoms with van der Waals surface area (Å²) in [5.41, 5.74) is 7.12. The fourth-order valence-corrected chi connectivity index (χ4v) is 2.66. The molecule has 1 aromatic heterocycles. The minimum Gasteiger partial charge on any atom is -0.381 e. The van der Waals surface area contributed by atoms with E-state index in [0.717, 1.165) is 0 Å². The van der Waals surface area contributed by atoms with Crippen molar-refractivity contribution in [3.63, 3.8) is 0 Å². The normalized spacial score (nSPS) is 23.2. The van der Waals surface area contributed by atoms with Crippen LogP contribution in [0.25, 0.3) is 0 Å². The number of hydrogen-bond donors (Lipinski definition) is 1. The first-order chi connectivity index (χ1) is 7.36. The molecule has 1 heterocycles. The highest BCUT2D eigenvalue weighted by atomic mass is 15.5. The van der Waals surface area contributed by atoms with Crippen LogP contribution in [-0.4, -0.2) is 15.0 Å². The summed E-state index contributed by atoms with van der Waals surface area (Å²) < 4.78 is 2.13. The summed E-state index contributed by atoms with van der Waals surface area (Å²) in [7, 11) is 0. The van der Waals surface area contributed by atoms with E-state index in [9.17, 15) is 0 Å². The van der Waals surface area contributed by atoms with Gasteiger partial charge in [0.1, 0.15) is 0 Å². The van der Waals surface area contributed by atoms with Crippen LogP contribution in [0.4, 0.5) is 5.82 Å². The van der Waals surface area contributed by atoms with Gasteiger partial charge in [-0.15, -0.1) is 5.10 Å². The van der Waals surface area contributed by atoms with E-state index in [4.69, 9.17) is 5.73 Å². The first kappa shape index (κ1) is 9.19. The van der Waals surface area contributed by atoms with Gasteiger partial charge in [0, 0.05) is 5.92 Å². The average Bonchev–Trinajstić information content (AvgIpc) is 3.03. The van der Waals surface area contributed by atoms with Gasteiger partial charge in [-0.25, -0.2) is 4.68 Å². The lowest BCUT2D eigenvalue weighted by Gasteiger charge is -2.23. The van der Waals surface area contributed by atoms with Crippen LogP contribution in [0.1, 0.15) is 62.6 Å². The number of nitrogens with zero attached hydrogens (tertiary/aromatic N) is 3. The fraction of sp³-hybridized carbons (Fsp3) is 0.818. The van der Waals surface area contributed by atoms with Crippen LogP contribution in [0.2, 0.25) is 0 Å². The van der Waals surface area contributed by atoms with Crippen molar-refractivity contribution in [3.8, 4) is 0 Å². The summed E-state index contributed by atoms with van der Waals surface area (Å²) in [6.07, 6.45) is 9.07. The van der Waals surface area contributed by atoms with E-state index >= 15 is 0 Å². The SMILES string of the molecule is Nc1nnn(C2CCCCC2)c1C1CC1. The Balaban J connectivity index is 1.89. The summed E-state index contributed by atoms with van der Waals surface area (Å²) in [6.45, 7) is 0. The van der Waals surface area contributed by atoms with Crippen LogP contribution in [0.3, 0.4) is 0 Å². The van der Waals surface area contributed by atoms with E-state index < -0.39 is 0 Å². The van der Waals surface area contributed by atoms with Crippen molar-refractivity contribution in [1.29, 1.82) is 0 Å². The molecule has 4 nitrogen and oxygen atoms in total. The van der Waals surface area contributed by atoms with Crippen molar-refractivity contribution in [2.24, 2.45) is 0 Å². The number of nitrogen functional groups attached to an aromatic ring is 1. The first-order valence-electron chi connectivity index (χ1n) is 6.07. The van der Waals surface area contributed by atoms with Gasteiger partial charge in [0.05, 0.1) is 11.7 Å². The highest BCUT2D eigenvalue weighted by Crippen LogP contribution is 2.44. The van der Waals surface area contributed by atoms with Gasteiger partial charge in [0.15, 0.2) is 5.82 Å². The van der Waals surface area contributed by atoms with Crippen molar-refractivity contribution in [3.05, 3.63) is 5.69 Å². The van der Waals surface area contributed by atoms with Crippen LogP contribution >= 0.6 is 0 Å². The maximum Gasteiger partial charge on any atom is 0.169 e. The molecule has 3 rings (SSSR count). The molecule has 82 valence electrons. The van der Waals surface area contributed by atoms with Crippen molar-refractivity contribution in [1.82, 2.24) is 15.0 Å². The lowest BCUT2D eigenvalue weighted by atomic mass is 9.95. The number of hydrogen-bond acceptors (Lipinski definition) is 3. The minimum absolute atomic E-state index is 0.569. The summed E-state index contributed by atoms with van der Waals surface area (Å²) in [5, 5.41) is 8.29. The molecule has 0 unspecified atom stereocenters. The Bertz CT molecular complexity index is 347. The molecule has 0 radical (unpaired) electrons. The first-order valence-corrected chi connectivity index (χ1v) is 6.07. The van der Waals surface area contributed by atoms with Gasteiger partial charge in [0.2, 0.25) is 0 Å². The number of anilines is 1. The highest BCUT2D eigenvalue weighted by Gasteiger charge is 2.32. The third-order valence-corrected chi connectivity index (χ3v) is 3.64. The van der Waals surface area contributed by atoms with Gasteiger partial charge >= 0.3 is 0 Å². The molecule has 0 aliphatic heterocycles. The Morgan fingerprint density at radius 3 is 2.47 bits per heavy atom. The van der Waals surface area contributed by atoms with Crippen LogP contribution < -0.4 is 5.73 Å². The standard InChI is InChI=1S/C11H18N4/c12-11-10(8-6-7-8)15(14-13-11)9-4-2-1-3-5-9/h8-9H,1-7,12H2. The highest BCUT2D eigenvalue weighted by molar-refractivity contribution is 5.38. The Morgan fingerprint density at radius 1 is 1.07 bits per heavy atom. The Labute approximate surface area is 89.8 Å². The number of nitrogens with two attached hydrogens (primary N) is 1. The lowest BCUT2D eigenvalue weighted by Crippen LogP contribution is -2.16. The molecule has 0 aromatic carbocycles. The third kappa shape index (κ3) is 1.62. The Morgan fingerprint density at radius 2 is 1.80 bits per heavy atom. The molecule has 15 heavy (non-hydrogen) atoms. The van der Waals surface area contributed by atoms with Gasteiger partial charge in [-0.05, 0) is 25.7 Å². The van der Waals surface area contributed by atoms with Crippen LogP contribution in [0, 0.1) is 0 Å². The second kappa shape index (κ2) is 3.51. The second-order valence-electron chi connectivity index (χ2n) is 4.87. The average molecular weight is 206 g/mol. The molecule has 2 aliphatic carbocycles. The van der Waals surface area contributed by atoms with E-state index in [-0.39, 0.29) is 0 Å². The smallest absolute Gasteiger partial charge is 0.169 e. The molecule has 0 bridgehead atoms. The molecule has 2 saturated carbocycles. The zero-order chi connectivity index (χ0) is 10.3. The Kier molecular flexibility index (Phi) is 2.15. The minimum atomic E-state index is 0.569. The molecule has 2 fully saturated rings. The van der Waals surface area contributed by atoms with E-state index in [1.165, 1.54) is 50.6 Å². The van der Waals surface area contributed by atoms with Crippen LogP contribution in [0.15, 0.2) is 0 Å². The fourth-order valence-electron chi connectivity index (χ4n) is 2.66. The quantitative estimate of drug-likeness (QED) is 0.807. The summed E-state index contributed by atoms with van der Waals surface area (Å²) in [5.74, 6) is 1.32. The monoisotopic (exact) mass is 206 g/mol. The summed E-state index contributed by atoms with van der Waals surface area (Å²) >= 11 is 0. The second-order valence-corrected chi connectivity index (χ2v) is 4.87. The lowest BCUT2D eigenvalue weighted by molar-refractivity contribution is 0.317. The molecule has 2 N–H and O–H groups in total. The summed E-state index contributed by atoms with van der Waals surface area (Å²) in [6, 6.07) is 0.569. The molecule has 4 heteroatoms. The zero-order valence-corrected chi connectivity index (χ0v) is 9.02. The topological polar surface area (TPSA) is 56.7 Å².